The number of carbonyl (C=O) groups is 2. The monoisotopic (exact) mass is 320 g/mol. The van der Waals surface area contributed by atoms with Crippen LogP contribution in [0.3, 0.4) is 0 Å². The molecule has 6 nitrogen and oxygen atoms in total. The Hall–Kier alpha value is -2.08. The van der Waals surface area contributed by atoms with Gasteiger partial charge in [-0.15, -0.1) is 0 Å². The van der Waals surface area contributed by atoms with Crippen molar-refractivity contribution in [2.45, 2.75) is 26.0 Å². The van der Waals surface area contributed by atoms with Gasteiger partial charge in [0.2, 0.25) is 5.91 Å². The van der Waals surface area contributed by atoms with E-state index in [4.69, 9.17) is 9.47 Å². The zero-order valence-electron chi connectivity index (χ0n) is 14.2. The molecule has 1 aliphatic rings. The summed E-state index contributed by atoms with van der Waals surface area (Å²) in [6, 6.07) is 7.59. The molecule has 0 aliphatic carbocycles. The van der Waals surface area contributed by atoms with Gasteiger partial charge in [-0.1, -0.05) is 18.2 Å². The van der Waals surface area contributed by atoms with Crippen molar-refractivity contribution in [1.82, 2.24) is 9.80 Å². The summed E-state index contributed by atoms with van der Waals surface area (Å²) < 4.78 is 11.0. The first-order chi connectivity index (χ1) is 10.9. The highest BCUT2D eigenvalue weighted by atomic mass is 16.5. The molecule has 0 saturated carbocycles. The van der Waals surface area contributed by atoms with Gasteiger partial charge >= 0.3 is 0 Å². The van der Waals surface area contributed by atoms with E-state index in [2.05, 4.69) is 0 Å². The van der Waals surface area contributed by atoms with E-state index < -0.39 is 5.60 Å². The molecule has 1 aromatic carbocycles. The molecular weight excluding hydrogens is 296 g/mol. The number of rotatable bonds is 4. The zero-order chi connectivity index (χ0) is 17.0. The molecule has 23 heavy (non-hydrogen) atoms. The minimum absolute atomic E-state index is 0.0419. The van der Waals surface area contributed by atoms with Crippen LogP contribution in [0, 0.1) is 0 Å². The molecule has 1 aliphatic heterocycles. The predicted octanol–water partition coefficient (Wildman–Crippen LogP) is 1.29. The second kappa shape index (κ2) is 7.00. The normalized spacial score (nSPS) is 21.0. The van der Waals surface area contributed by atoms with Gasteiger partial charge in [-0.25, -0.2) is 0 Å². The largest absolute Gasteiger partial charge is 0.496 e. The molecule has 0 unspecified atom stereocenters. The van der Waals surface area contributed by atoms with Gasteiger partial charge in [0.15, 0.2) is 5.60 Å². The fourth-order valence-corrected chi connectivity index (χ4v) is 2.83. The lowest BCUT2D eigenvalue weighted by Crippen LogP contribution is -2.59. The fraction of sp³-hybridized carbons (Fsp3) is 0.529. The maximum Gasteiger partial charge on any atom is 0.256 e. The summed E-state index contributed by atoms with van der Waals surface area (Å²) in [6.45, 7) is 4.83. The van der Waals surface area contributed by atoms with E-state index in [9.17, 15) is 9.59 Å². The van der Waals surface area contributed by atoms with Crippen molar-refractivity contribution in [2.24, 2.45) is 0 Å². The topological polar surface area (TPSA) is 59.1 Å². The minimum Gasteiger partial charge on any atom is -0.496 e. The maximum absolute atomic E-state index is 12.8. The summed E-state index contributed by atoms with van der Waals surface area (Å²) >= 11 is 0. The van der Waals surface area contributed by atoms with Crippen LogP contribution in [-0.2, 0) is 20.9 Å². The van der Waals surface area contributed by atoms with Crippen molar-refractivity contribution in [3.63, 3.8) is 0 Å². The smallest absolute Gasteiger partial charge is 0.256 e. The number of ether oxygens (including phenoxy) is 2. The molecule has 1 heterocycles. The average molecular weight is 320 g/mol. The van der Waals surface area contributed by atoms with Gasteiger partial charge in [-0.05, 0) is 13.0 Å². The van der Waals surface area contributed by atoms with Crippen LogP contribution in [0.2, 0.25) is 0 Å². The van der Waals surface area contributed by atoms with Crippen molar-refractivity contribution < 1.29 is 19.1 Å². The molecule has 0 N–H and O–H groups in total. The van der Waals surface area contributed by atoms with Crippen LogP contribution in [0.15, 0.2) is 24.3 Å². The van der Waals surface area contributed by atoms with E-state index in [1.54, 1.807) is 30.9 Å². The van der Waals surface area contributed by atoms with E-state index in [0.717, 1.165) is 11.3 Å². The number of morpholine rings is 1. The lowest BCUT2D eigenvalue weighted by Gasteiger charge is -2.40. The van der Waals surface area contributed by atoms with Gasteiger partial charge in [0.25, 0.3) is 5.91 Å². The number of carbonyl (C=O) groups excluding carboxylic acids is 2. The molecule has 1 fully saturated rings. The lowest BCUT2D eigenvalue weighted by atomic mass is 10.0. The van der Waals surface area contributed by atoms with Gasteiger partial charge in [0.1, 0.15) is 5.75 Å². The van der Waals surface area contributed by atoms with E-state index in [0.29, 0.717) is 19.7 Å². The first-order valence-electron chi connectivity index (χ1n) is 7.64. The van der Waals surface area contributed by atoms with E-state index in [-0.39, 0.29) is 18.4 Å². The summed E-state index contributed by atoms with van der Waals surface area (Å²) in [4.78, 5) is 27.7. The Bertz CT molecular complexity index is 590. The van der Waals surface area contributed by atoms with Crippen LogP contribution in [0.1, 0.15) is 19.4 Å². The number of nitrogens with zero attached hydrogens (tertiary/aromatic N) is 2. The van der Waals surface area contributed by atoms with Crippen LogP contribution in [-0.4, -0.2) is 61.1 Å². The van der Waals surface area contributed by atoms with Crippen molar-refractivity contribution in [3.8, 4) is 5.75 Å². The Balaban J connectivity index is 2.10. The number of likely N-dealkylation sites (N-methyl/N-ethyl adjacent to an activating group) is 1. The predicted molar refractivity (Wildman–Crippen MR) is 86.1 cm³/mol. The van der Waals surface area contributed by atoms with Gasteiger partial charge in [0.05, 0.1) is 20.3 Å². The van der Waals surface area contributed by atoms with Gasteiger partial charge in [-0.2, -0.15) is 0 Å². The first-order valence-corrected chi connectivity index (χ1v) is 7.64. The minimum atomic E-state index is -1.01. The first kappa shape index (κ1) is 17.3. The standard InChI is InChI=1S/C17H24N2O4/c1-13(20)19-9-10-23-17(2,12-19)16(21)18(3)11-14-7-5-6-8-15(14)22-4/h5-8H,9-12H2,1-4H3/t17-/m0/s1. The van der Waals surface area contributed by atoms with Crippen molar-refractivity contribution in [3.05, 3.63) is 29.8 Å². The SMILES string of the molecule is COc1ccccc1CN(C)C(=O)[C@]1(C)CN(C(C)=O)CCO1. The summed E-state index contributed by atoms with van der Waals surface area (Å²) in [6.07, 6.45) is 0. The average Bonchev–Trinajstić information content (AvgIpc) is 2.54. The Morgan fingerprint density at radius 3 is 2.74 bits per heavy atom. The molecule has 0 spiro atoms. The van der Waals surface area contributed by atoms with Crippen LogP contribution < -0.4 is 4.74 Å². The van der Waals surface area contributed by atoms with Crippen LogP contribution in [0.5, 0.6) is 5.75 Å². The molecule has 0 bridgehead atoms. The van der Waals surface area contributed by atoms with Gasteiger partial charge in [-0.3, -0.25) is 9.59 Å². The third-order valence-corrected chi connectivity index (χ3v) is 4.12. The number of benzene rings is 1. The third kappa shape index (κ3) is 3.82. The number of para-hydroxylation sites is 1. The molecule has 0 aromatic heterocycles. The maximum atomic E-state index is 12.8. The van der Waals surface area contributed by atoms with Crippen LogP contribution in [0.25, 0.3) is 0 Å². The molecule has 6 heteroatoms. The fourth-order valence-electron chi connectivity index (χ4n) is 2.83. The molecule has 2 rings (SSSR count). The Morgan fingerprint density at radius 2 is 2.09 bits per heavy atom. The quantitative estimate of drug-likeness (QED) is 0.839. The third-order valence-electron chi connectivity index (χ3n) is 4.12. The van der Waals surface area contributed by atoms with E-state index in [1.807, 2.05) is 24.3 Å². The van der Waals surface area contributed by atoms with Gasteiger partial charge < -0.3 is 19.3 Å². The summed E-state index contributed by atoms with van der Waals surface area (Å²) in [5, 5.41) is 0. The van der Waals surface area contributed by atoms with Crippen molar-refractivity contribution in [1.29, 1.82) is 0 Å². The Labute approximate surface area is 137 Å². The molecule has 2 amide bonds. The van der Waals surface area contributed by atoms with Gasteiger partial charge in [0, 0.05) is 32.6 Å². The zero-order valence-corrected chi connectivity index (χ0v) is 14.2. The highest BCUT2D eigenvalue weighted by Gasteiger charge is 2.41. The second-order valence-electron chi connectivity index (χ2n) is 5.99. The Morgan fingerprint density at radius 1 is 1.39 bits per heavy atom. The van der Waals surface area contributed by atoms with E-state index in [1.165, 1.54) is 6.92 Å². The van der Waals surface area contributed by atoms with Crippen molar-refractivity contribution >= 4 is 11.8 Å². The van der Waals surface area contributed by atoms with Crippen LogP contribution in [0.4, 0.5) is 0 Å². The molecule has 1 saturated heterocycles. The number of hydrogen-bond donors (Lipinski definition) is 0. The molecule has 1 atom stereocenters. The number of amides is 2. The highest BCUT2D eigenvalue weighted by molar-refractivity contribution is 5.86. The lowest BCUT2D eigenvalue weighted by molar-refractivity contribution is -0.170. The molecule has 1 aromatic rings. The Kier molecular flexibility index (Phi) is 5.26. The molecular formula is C17H24N2O4. The summed E-state index contributed by atoms with van der Waals surface area (Å²) in [5.74, 6) is 0.557. The second-order valence-corrected chi connectivity index (χ2v) is 5.99. The summed E-state index contributed by atoms with van der Waals surface area (Å²) in [7, 11) is 3.34. The number of methoxy groups -OCH3 is 1. The number of hydrogen-bond acceptors (Lipinski definition) is 4. The van der Waals surface area contributed by atoms with E-state index >= 15 is 0 Å². The molecule has 126 valence electrons. The van der Waals surface area contributed by atoms with Crippen molar-refractivity contribution in [2.75, 3.05) is 33.9 Å². The molecule has 0 radical (unpaired) electrons. The van der Waals surface area contributed by atoms with Crippen LogP contribution >= 0.6 is 0 Å². The highest BCUT2D eigenvalue weighted by Crippen LogP contribution is 2.23. The summed E-state index contributed by atoms with van der Waals surface area (Å²) in [5.41, 5.74) is -0.0885.